The Balaban J connectivity index is 1.97. The number of amides is 1. The molecule has 0 saturated carbocycles. The summed E-state index contributed by atoms with van der Waals surface area (Å²) in [7, 11) is 0. The second kappa shape index (κ2) is 7.92. The molecular weight excluding hydrogens is 309 g/mol. The van der Waals surface area contributed by atoms with Crippen molar-refractivity contribution in [1.82, 2.24) is 10.2 Å². The highest BCUT2D eigenvalue weighted by atomic mass is 19.1. The van der Waals surface area contributed by atoms with Crippen molar-refractivity contribution in [3.63, 3.8) is 0 Å². The topological polar surface area (TPSA) is 53.9 Å². The zero-order valence-electron chi connectivity index (χ0n) is 15.0. The molecule has 0 aromatic rings. The summed E-state index contributed by atoms with van der Waals surface area (Å²) in [5.41, 5.74) is 0. The van der Waals surface area contributed by atoms with Gasteiger partial charge in [0.05, 0.1) is 6.10 Å². The fourth-order valence-corrected chi connectivity index (χ4v) is 2.99. The fourth-order valence-electron chi connectivity index (χ4n) is 2.99. The van der Waals surface area contributed by atoms with Crippen molar-refractivity contribution < 1.29 is 13.9 Å². The molecule has 1 saturated heterocycles. The van der Waals surface area contributed by atoms with E-state index in [0.29, 0.717) is 18.2 Å². The van der Waals surface area contributed by atoms with Crippen LogP contribution < -0.4 is 5.32 Å². The first-order chi connectivity index (χ1) is 11.3. The van der Waals surface area contributed by atoms with Crippen LogP contribution in [0.3, 0.4) is 0 Å². The summed E-state index contributed by atoms with van der Waals surface area (Å²) in [4.78, 5) is 17.7. The summed E-state index contributed by atoms with van der Waals surface area (Å²) in [5, 5.41) is 2.55. The van der Waals surface area contributed by atoms with Gasteiger partial charge in [0.15, 0.2) is 11.7 Å². The van der Waals surface area contributed by atoms with Gasteiger partial charge in [-0.05, 0) is 25.7 Å². The predicted octanol–water partition coefficient (Wildman–Crippen LogP) is 3.70. The summed E-state index contributed by atoms with van der Waals surface area (Å²) in [6.07, 6.45) is 4.24. The van der Waals surface area contributed by atoms with Crippen LogP contribution in [-0.4, -0.2) is 29.0 Å². The quantitative estimate of drug-likeness (QED) is 0.832. The van der Waals surface area contributed by atoms with E-state index in [1.807, 2.05) is 6.92 Å². The first kappa shape index (κ1) is 18.6. The standard InChI is InChI=1S/C18H28FN3O2/c1-6-11(2)7-8-16(23)21-17-15(19)10-22(14(5)20-17)18-12(3)9-13(4)24-18/h10-13,18H,5-9H2,1-4H3,(H,20,21,23)/t11?,12-,13?,18-/m1/s1. The molecule has 2 aliphatic heterocycles. The minimum atomic E-state index is -0.574. The highest BCUT2D eigenvalue weighted by Gasteiger charge is 2.36. The molecule has 0 aromatic heterocycles. The van der Waals surface area contributed by atoms with Crippen molar-refractivity contribution in [3.8, 4) is 0 Å². The molecule has 6 heteroatoms. The molecule has 134 valence electrons. The van der Waals surface area contributed by atoms with E-state index in [1.54, 1.807) is 4.90 Å². The number of halogens is 1. The Kier molecular flexibility index (Phi) is 6.15. The van der Waals surface area contributed by atoms with Crippen molar-refractivity contribution >= 4 is 11.7 Å². The number of carbonyl (C=O) groups is 1. The van der Waals surface area contributed by atoms with Crippen molar-refractivity contribution in [2.24, 2.45) is 16.8 Å². The van der Waals surface area contributed by atoms with Gasteiger partial charge in [-0.2, -0.15) is 0 Å². The van der Waals surface area contributed by atoms with E-state index < -0.39 is 5.83 Å². The van der Waals surface area contributed by atoms with E-state index in [2.05, 4.69) is 37.7 Å². The van der Waals surface area contributed by atoms with Crippen LogP contribution in [0.5, 0.6) is 0 Å². The SMILES string of the molecule is C=C1N=C(NC(=O)CCC(C)CC)C(F)=CN1[C@@H]1OC(C)C[C@H]1C. The van der Waals surface area contributed by atoms with E-state index in [9.17, 15) is 9.18 Å². The number of amidine groups is 1. The molecule has 2 rings (SSSR count). The van der Waals surface area contributed by atoms with Gasteiger partial charge >= 0.3 is 0 Å². The van der Waals surface area contributed by atoms with Crippen molar-refractivity contribution in [3.05, 3.63) is 24.4 Å². The lowest BCUT2D eigenvalue weighted by Gasteiger charge is -2.32. The largest absolute Gasteiger partial charge is 0.355 e. The molecule has 4 atom stereocenters. The Morgan fingerprint density at radius 3 is 2.88 bits per heavy atom. The summed E-state index contributed by atoms with van der Waals surface area (Å²) >= 11 is 0. The van der Waals surface area contributed by atoms with Crippen LogP contribution in [0.4, 0.5) is 4.39 Å². The molecule has 2 heterocycles. The molecular formula is C18H28FN3O2. The van der Waals surface area contributed by atoms with Gasteiger partial charge in [-0.1, -0.05) is 33.8 Å². The van der Waals surface area contributed by atoms with Gasteiger partial charge in [-0.3, -0.25) is 4.79 Å². The Labute approximate surface area is 143 Å². The van der Waals surface area contributed by atoms with Crippen molar-refractivity contribution in [2.45, 2.75) is 65.7 Å². The zero-order chi connectivity index (χ0) is 17.9. The molecule has 0 bridgehead atoms. The van der Waals surface area contributed by atoms with E-state index in [-0.39, 0.29) is 30.0 Å². The number of nitrogens with one attached hydrogen (secondary N) is 1. The first-order valence-electron chi connectivity index (χ1n) is 8.70. The van der Waals surface area contributed by atoms with E-state index >= 15 is 0 Å². The second-order valence-corrected chi connectivity index (χ2v) is 6.91. The normalized spacial score (nSPS) is 28.5. The van der Waals surface area contributed by atoms with Crippen LogP contribution in [0, 0.1) is 11.8 Å². The summed E-state index contributed by atoms with van der Waals surface area (Å²) in [6.45, 7) is 12.1. The van der Waals surface area contributed by atoms with Crippen LogP contribution in [0.1, 0.15) is 53.4 Å². The van der Waals surface area contributed by atoms with Gasteiger partial charge in [-0.25, -0.2) is 9.38 Å². The van der Waals surface area contributed by atoms with Crippen LogP contribution >= 0.6 is 0 Å². The number of nitrogens with zero attached hydrogens (tertiary/aromatic N) is 2. The average molecular weight is 337 g/mol. The molecule has 0 aliphatic carbocycles. The third kappa shape index (κ3) is 4.44. The lowest BCUT2D eigenvalue weighted by atomic mass is 10.0. The number of hydrogen-bond acceptors (Lipinski definition) is 4. The molecule has 0 radical (unpaired) electrons. The first-order valence-corrected chi connectivity index (χ1v) is 8.70. The number of rotatable bonds is 5. The number of carbonyl (C=O) groups excluding carboxylic acids is 1. The van der Waals surface area contributed by atoms with Crippen LogP contribution in [0.2, 0.25) is 0 Å². The van der Waals surface area contributed by atoms with Gasteiger partial charge in [-0.15, -0.1) is 0 Å². The fraction of sp³-hybridized carbons (Fsp3) is 0.667. The van der Waals surface area contributed by atoms with E-state index in [4.69, 9.17) is 4.74 Å². The van der Waals surface area contributed by atoms with Crippen LogP contribution in [-0.2, 0) is 9.53 Å². The third-order valence-corrected chi connectivity index (χ3v) is 4.67. The number of aliphatic imine (C=N–C) groups is 1. The van der Waals surface area contributed by atoms with E-state index in [0.717, 1.165) is 19.3 Å². The van der Waals surface area contributed by atoms with Crippen molar-refractivity contribution in [2.75, 3.05) is 0 Å². The lowest BCUT2D eigenvalue weighted by Crippen LogP contribution is -2.39. The lowest BCUT2D eigenvalue weighted by molar-refractivity contribution is -0.120. The maximum absolute atomic E-state index is 14.4. The molecule has 2 aliphatic rings. The molecule has 0 aromatic carbocycles. The van der Waals surface area contributed by atoms with Crippen LogP contribution in [0.15, 0.2) is 29.4 Å². The summed E-state index contributed by atoms with van der Waals surface area (Å²) in [6, 6.07) is 0. The number of hydrogen-bond donors (Lipinski definition) is 1. The van der Waals surface area contributed by atoms with Crippen molar-refractivity contribution in [1.29, 1.82) is 0 Å². The molecule has 1 N–H and O–H groups in total. The average Bonchev–Trinajstić information content (AvgIpc) is 2.86. The number of ether oxygens (including phenoxy) is 1. The minimum Gasteiger partial charge on any atom is -0.355 e. The maximum Gasteiger partial charge on any atom is 0.225 e. The predicted molar refractivity (Wildman–Crippen MR) is 92.6 cm³/mol. The smallest absolute Gasteiger partial charge is 0.225 e. The molecule has 24 heavy (non-hydrogen) atoms. The molecule has 2 unspecified atom stereocenters. The van der Waals surface area contributed by atoms with Gasteiger partial charge in [0.25, 0.3) is 0 Å². The molecule has 1 amide bonds. The Morgan fingerprint density at radius 2 is 2.29 bits per heavy atom. The monoisotopic (exact) mass is 337 g/mol. The molecule has 1 fully saturated rings. The third-order valence-electron chi connectivity index (χ3n) is 4.67. The Bertz CT molecular complexity index is 558. The molecule has 0 spiro atoms. The van der Waals surface area contributed by atoms with Crippen LogP contribution in [0.25, 0.3) is 0 Å². The van der Waals surface area contributed by atoms with Gasteiger partial charge in [0.1, 0.15) is 12.0 Å². The van der Waals surface area contributed by atoms with Gasteiger partial charge < -0.3 is 15.0 Å². The highest BCUT2D eigenvalue weighted by molar-refractivity contribution is 6.07. The Hall–Kier alpha value is -1.69. The molecule has 5 nitrogen and oxygen atoms in total. The maximum atomic E-state index is 14.4. The van der Waals surface area contributed by atoms with Gasteiger partial charge in [0, 0.05) is 18.5 Å². The highest BCUT2D eigenvalue weighted by Crippen LogP contribution is 2.32. The zero-order valence-corrected chi connectivity index (χ0v) is 15.0. The summed E-state index contributed by atoms with van der Waals surface area (Å²) in [5.74, 6) is 0.233. The second-order valence-electron chi connectivity index (χ2n) is 6.91. The minimum absolute atomic E-state index is 0.0656. The summed E-state index contributed by atoms with van der Waals surface area (Å²) < 4.78 is 20.2. The van der Waals surface area contributed by atoms with E-state index in [1.165, 1.54) is 6.20 Å². The Morgan fingerprint density at radius 1 is 1.58 bits per heavy atom. The van der Waals surface area contributed by atoms with Gasteiger partial charge in [0.2, 0.25) is 5.91 Å².